The van der Waals surface area contributed by atoms with Gasteiger partial charge >= 0.3 is 0 Å². The molecule has 0 saturated carbocycles. The summed E-state index contributed by atoms with van der Waals surface area (Å²) in [4.78, 5) is 9.17. The Morgan fingerprint density at radius 2 is 2.00 bits per heavy atom. The second kappa shape index (κ2) is 5.71. The van der Waals surface area contributed by atoms with Crippen molar-refractivity contribution in [3.8, 4) is 10.7 Å². The van der Waals surface area contributed by atoms with Crippen molar-refractivity contribution >= 4 is 17.3 Å². The summed E-state index contributed by atoms with van der Waals surface area (Å²) >= 11 is 1.76. The molecule has 0 bridgehead atoms. The van der Waals surface area contributed by atoms with E-state index in [0.717, 1.165) is 11.4 Å². The molecule has 1 saturated heterocycles. The quantitative estimate of drug-likeness (QED) is 0.904. The van der Waals surface area contributed by atoms with Crippen LogP contribution in [0.3, 0.4) is 0 Å². The first kappa shape index (κ1) is 12.6. The second-order valence-electron chi connectivity index (χ2n) is 5.00. The van der Waals surface area contributed by atoms with Gasteiger partial charge in [-0.3, -0.25) is 4.90 Å². The lowest BCUT2D eigenvalue weighted by Crippen LogP contribution is -2.23. The molecule has 3 heterocycles. The van der Waals surface area contributed by atoms with E-state index in [1.54, 1.807) is 11.3 Å². The Balaban J connectivity index is 1.67. The maximum absolute atomic E-state index is 5.56. The van der Waals surface area contributed by atoms with Crippen molar-refractivity contribution in [3.63, 3.8) is 0 Å². The minimum Gasteiger partial charge on any atom is -0.368 e. The number of hydrogen-bond donors (Lipinski definition) is 2. The fourth-order valence-corrected chi connectivity index (χ4v) is 3.47. The summed E-state index contributed by atoms with van der Waals surface area (Å²) in [6, 6.07) is 4.26. The molecule has 0 unspecified atom stereocenters. The zero-order valence-corrected chi connectivity index (χ0v) is 11.7. The number of rotatable bonds is 3. The fourth-order valence-electron chi connectivity index (χ4n) is 2.48. The van der Waals surface area contributed by atoms with Crippen LogP contribution in [0.4, 0.5) is 5.95 Å². The highest BCUT2D eigenvalue weighted by molar-refractivity contribution is 7.15. The van der Waals surface area contributed by atoms with Crippen molar-refractivity contribution in [2.45, 2.75) is 32.2 Å². The zero-order valence-electron chi connectivity index (χ0n) is 10.9. The highest BCUT2D eigenvalue weighted by Gasteiger charge is 2.12. The van der Waals surface area contributed by atoms with Crippen LogP contribution in [0.5, 0.6) is 0 Å². The van der Waals surface area contributed by atoms with Crippen LogP contribution in [0.2, 0.25) is 0 Å². The highest BCUT2D eigenvalue weighted by atomic mass is 32.1. The van der Waals surface area contributed by atoms with Crippen molar-refractivity contribution in [1.29, 1.82) is 0 Å². The van der Waals surface area contributed by atoms with E-state index in [1.807, 2.05) is 0 Å². The SMILES string of the molecule is Nc1nc(-c2ccc(CN3CCCCCC3)s2)n[nH]1. The summed E-state index contributed by atoms with van der Waals surface area (Å²) in [6.07, 6.45) is 5.41. The Morgan fingerprint density at radius 1 is 1.21 bits per heavy atom. The van der Waals surface area contributed by atoms with Gasteiger partial charge in [0.1, 0.15) is 0 Å². The van der Waals surface area contributed by atoms with Gasteiger partial charge in [-0.1, -0.05) is 12.8 Å². The molecule has 1 aliphatic rings. The summed E-state index contributed by atoms with van der Waals surface area (Å²) in [6.45, 7) is 3.49. The predicted octanol–water partition coefficient (Wildman–Crippen LogP) is 2.49. The third-order valence-corrected chi connectivity index (χ3v) is 4.53. The van der Waals surface area contributed by atoms with Crippen LogP contribution in [0.15, 0.2) is 12.1 Å². The third-order valence-electron chi connectivity index (χ3n) is 3.46. The number of nitrogen functional groups attached to an aromatic ring is 1. The molecule has 5 nitrogen and oxygen atoms in total. The summed E-state index contributed by atoms with van der Waals surface area (Å²) in [5.74, 6) is 1.07. The first-order valence-electron chi connectivity index (χ1n) is 6.80. The van der Waals surface area contributed by atoms with Gasteiger partial charge in [-0.05, 0) is 38.1 Å². The normalized spacial score (nSPS) is 17.5. The molecule has 2 aromatic heterocycles. The van der Waals surface area contributed by atoms with E-state index in [0.29, 0.717) is 11.8 Å². The molecule has 0 atom stereocenters. The first-order chi connectivity index (χ1) is 9.31. The molecule has 102 valence electrons. The Kier molecular flexibility index (Phi) is 3.79. The molecule has 0 spiro atoms. The van der Waals surface area contributed by atoms with Gasteiger partial charge in [-0.25, -0.2) is 5.10 Å². The smallest absolute Gasteiger partial charge is 0.216 e. The second-order valence-corrected chi connectivity index (χ2v) is 6.17. The summed E-state index contributed by atoms with van der Waals surface area (Å²) in [7, 11) is 0. The molecular formula is C13H19N5S. The number of nitrogens with two attached hydrogens (primary N) is 1. The van der Waals surface area contributed by atoms with Crippen molar-refractivity contribution in [2.75, 3.05) is 18.8 Å². The number of thiophene rings is 1. The van der Waals surface area contributed by atoms with Crippen molar-refractivity contribution in [2.24, 2.45) is 0 Å². The number of anilines is 1. The Hall–Kier alpha value is -1.40. The van der Waals surface area contributed by atoms with Crippen LogP contribution < -0.4 is 5.73 Å². The van der Waals surface area contributed by atoms with Crippen molar-refractivity contribution < 1.29 is 0 Å². The molecule has 1 fully saturated rings. The molecule has 0 amide bonds. The topological polar surface area (TPSA) is 70.8 Å². The lowest BCUT2D eigenvalue weighted by atomic mass is 10.2. The summed E-state index contributed by atoms with van der Waals surface area (Å²) in [5.41, 5.74) is 5.56. The minimum absolute atomic E-state index is 0.373. The Bertz CT molecular complexity index is 525. The van der Waals surface area contributed by atoms with Crippen LogP contribution in [0, 0.1) is 0 Å². The number of H-pyrrole nitrogens is 1. The fraction of sp³-hybridized carbons (Fsp3) is 0.538. The molecule has 2 aromatic rings. The standard InChI is InChI=1S/C13H19N5S/c14-13-15-12(16-17-13)11-6-5-10(19-11)9-18-7-3-1-2-4-8-18/h5-6H,1-4,7-9H2,(H3,14,15,16,17). The molecule has 3 N–H and O–H groups in total. The zero-order chi connectivity index (χ0) is 13.1. The van der Waals surface area contributed by atoms with Gasteiger partial charge in [0.15, 0.2) is 5.82 Å². The number of nitrogens with zero attached hydrogens (tertiary/aromatic N) is 3. The van der Waals surface area contributed by atoms with Crippen LogP contribution in [-0.2, 0) is 6.54 Å². The summed E-state index contributed by atoms with van der Waals surface area (Å²) < 4.78 is 0. The van der Waals surface area contributed by atoms with E-state index in [4.69, 9.17) is 5.73 Å². The number of aromatic nitrogens is 3. The molecule has 6 heteroatoms. The van der Waals surface area contributed by atoms with Gasteiger partial charge in [-0.2, -0.15) is 10.1 Å². The molecule has 0 radical (unpaired) electrons. The third kappa shape index (κ3) is 3.13. The maximum atomic E-state index is 5.56. The summed E-state index contributed by atoms with van der Waals surface area (Å²) in [5, 5.41) is 6.78. The van der Waals surface area contributed by atoms with Gasteiger partial charge in [0.25, 0.3) is 0 Å². The molecular weight excluding hydrogens is 258 g/mol. The Morgan fingerprint density at radius 3 is 2.68 bits per heavy atom. The maximum Gasteiger partial charge on any atom is 0.216 e. The monoisotopic (exact) mass is 277 g/mol. The lowest BCUT2D eigenvalue weighted by molar-refractivity contribution is 0.279. The van der Waals surface area contributed by atoms with E-state index in [9.17, 15) is 0 Å². The minimum atomic E-state index is 0.373. The van der Waals surface area contributed by atoms with Crippen molar-refractivity contribution in [1.82, 2.24) is 20.1 Å². The molecule has 3 rings (SSSR count). The van der Waals surface area contributed by atoms with E-state index in [2.05, 4.69) is 32.2 Å². The van der Waals surface area contributed by atoms with Gasteiger partial charge in [0.2, 0.25) is 5.95 Å². The van der Waals surface area contributed by atoms with E-state index in [1.165, 1.54) is 43.6 Å². The van der Waals surface area contributed by atoms with Crippen molar-refractivity contribution in [3.05, 3.63) is 17.0 Å². The van der Waals surface area contributed by atoms with Crippen LogP contribution in [0.25, 0.3) is 10.7 Å². The molecule has 0 aliphatic carbocycles. The van der Waals surface area contributed by atoms with Gasteiger partial charge in [0.05, 0.1) is 4.88 Å². The average Bonchev–Trinajstić information content (AvgIpc) is 2.94. The molecule has 1 aliphatic heterocycles. The van der Waals surface area contributed by atoms with Gasteiger partial charge < -0.3 is 5.73 Å². The van der Waals surface area contributed by atoms with E-state index >= 15 is 0 Å². The predicted molar refractivity (Wildman–Crippen MR) is 77.9 cm³/mol. The first-order valence-corrected chi connectivity index (χ1v) is 7.62. The Labute approximate surface area is 116 Å². The highest BCUT2D eigenvalue weighted by Crippen LogP contribution is 2.27. The number of aromatic amines is 1. The van der Waals surface area contributed by atoms with E-state index < -0.39 is 0 Å². The van der Waals surface area contributed by atoms with Gasteiger partial charge in [-0.15, -0.1) is 11.3 Å². The number of hydrogen-bond acceptors (Lipinski definition) is 5. The average molecular weight is 277 g/mol. The van der Waals surface area contributed by atoms with Crippen LogP contribution in [-0.4, -0.2) is 33.2 Å². The van der Waals surface area contributed by atoms with Gasteiger partial charge in [0, 0.05) is 11.4 Å². The number of nitrogens with one attached hydrogen (secondary N) is 1. The molecule has 19 heavy (non-hydrogen) atoms. The number of likely N-dealkylation sites (tertiary alicyclic amines) is 1. The van der Waals surface area contributed by atoms with E-state index in [-0.39, 0.29) is 0 Å². The van der Waals surface area contributed by atoms with Crippen LogP contribution >= 0.6 is 11.3 Å². The largest absolute Gasteiger partial charge is 0.368 e. The van der Waals surface area contributed by atoms with Crippen LogP contribution in [0.1, 0.15) is 30.6 Å². The lowest BCUT2D eigenvalue weighted by Gasteiger charge is -2.18. The molecule has 0 aromatic carbocycles.